The molecular formula is C39H53N4O5P. The van der Waals surface area contributed by atoms with Crippen LogP contribution in [0.3, 0.4) is 0 Å². The van der Waals surface area contributed by atoms with Crippen molar-refractivity contribution < 1.29 is 23.9 Å². The smallest absolute Gasteiger partial charge is 0.318 e. The minimum atomic E-state index is -0.619. The largest absolute Gasteiger partial charge is 0.483 e. The molecule has 0 bridgehead atoms. The van der Waals surface area contributed by atoms with Gasteiger partial charge in [-0.2, -0.15) is 0 Å². The van der Waals surface area contributed by atoms with Crippen molar-refractivity contribution in [2.75, 3.05) is 32.5 Å². The van der Waals surface area contributed by atoms with E-state index in [1.54, 1.807) is 4.90 Å². The molecule has 0 aromatic heterocycles. The van der Waals surface area contributed by atoms with Gasteiger partial charge in [-0.05, 0) is 73.9 Å². The molecule has 4 rings (SSSR count). The number of para-hydroxylation sites is 1. The average Bonchev–Trinajstić information content (AvgIpc) is 3.08. The number of aryl methyl sites for hydroxylation is 2. The molecule has 1 fully saturated rings. The number of benzene rings is 3. The molecule has 4 amide bonds. The van der Waals surface area contributed by atoms with Crippen LogP contribution in [0.25, 0.3) is 0 Å². The highest BCUT2D eigenvalue weighted by atomic mass is 31.0. The summed E-state index contributed by atoms with van der Waals surface area (Å²) in [4.78, 5) is 42.1. The Morgan fingerprint density at radius 3 is 2.12 bits per heavy atom. The van der Waals surface area contributed by atoms with Crippen LogP contribution < -0.4 is 20.7 Å². The molecule has 1 heterocycles. The normalized spacial score (nSPS) is 15.6. The Bertz CT molecular complexity index is 1470. The Labute approximate surface area is 294 Å². The molecule has 3 aromatic carbocycles. The van der Waals surface area contributed by atoms with Gasteiger partial charge < -0.3 is 30.3 Å². The first-order chi connectivity index (χ1) is 23.7. The second kappa shape index (κ2) is 19.3. The minimum absolute atomic E-state index is 0.0904. The zero-order chi connectivity index (χ0) is 35.2. The van der Waals surface area contributed by atoms with E-state index in [0.717, 1.165) is 28.7 Å². The van der Waals surface area contributed by atoms with Crippen LogP contribution in [0, 0.1) is 19.8 Å². The summed E-state index contributed by atoms with van der Waals surface area (Å²) < 4.78 is 12.5. The number of rotatable bonds is 18. The van der Waals surface area contributed by atoms with Gasteiger partial charge in [0.1, 0.15) is 11.8 Å². The van der Waals surface area contributed by atoms with Crippen molar-refractivity contribution in [3.63, 3.8) is 0 Å². The van der Waals surface area contributed by atoms with Crippen molar-refractivity contribution in [3.05, 3.63) is 101 Å². The van der Waals surface area contributed by atoms with E-state index in [1.807, 2.05) is 107 Å². The molecule has 9 nitrogen and oxygen atoms in total. The molecule has 0 radical (unpaired) electrons. The van der Waals surface area contributed by atoms with E-state index in [-0.39, 0.29) is 36.4 Å². The molecule has 49 heavy (non-hydrogen) atoms. The Hall–Kier alpha value is -3.94. The summed E-state index contributed by atoms with van der Waals surface area (Å²) in [5.74, 6) is 0.180. The highest BCUT2D eigenvalue weighted by molar-refractivity contribution is 7.16. The molecule has 3 aromatic rings. The predicted octanol–water partition coefficient (Wildman–Crippen LogP) is 5.23. The maximum atomic E-state index is 14.1. The third-order valence-corrected chi connectivity index (χ3v) is 9.07. The van der Waals surface area contributed by atoms with Gasteiger partial charge in [0.15, 0.2) is 6.61 Å². The number of nitrogens with zero attached hydrogens (tertiary/aromatic N) is 1. The summed E-state index contributed by atoms with van der Waals surface area (Å²) in [7, 11) is 2.70. The molecule has 1 aliphatic heterocycles. The summed E-state index contributed by atoms with van der Waals surface area (Å²) in [6, 6.07) is 24.4. The van der Waals surface area contributed by atoms with Crippen molar-refractivity contribution in [1.82, 2.24) is 20.9 Å². The van der Waals surface area contributed by atoms with Crippen LogP contribution in [0.5, 0.6) is 5.75 Å². The monoisotopic (exact) mass is 688 g/mol. The molecular weight excluding hydrogens is 635 g/mol. The van der Waals surface area contributed by atoms with E-state index in [2.05, 4.69) is 25.2 Å². The lowest BCUT2D eigenvalue weighted by atomic mass is 9.92. The summed E-state index contributed by atoms with van der Waals surface area (Å²) in [6.07, 6.45) is 2.60. The van der Waals surface area contributed by atoms with Gasteiger partial charge in [-0.15, -0.1) is 9.24 Å². The van der Waals surface area contributed by atoms with E-state index in [1.165, 1.54) is 0 Å². The standard InChI is InChI=1S/C39H53N4O5P/c1-27(2)36(43-20-12-19-40-39(43)46)38(45)41-32(23-30-15-7-5-8-16-30)25-34(47-21-22-49)33(24-31-17-9-6-10-18-31)42-35(44)26-48-37-28(3)13-11-14-29(37)4/h5-11,13-18,27,32-34,36H,12,19-26,49H2,1-4H3,(H,40,46)(H,41,45)(H,42,44)/t32-,33-,34-,36-/m0/s1. The molecule has 0 spiro atoms. The van der Waals surface area contributed by atoms with E-state index >= 15 is 0 Å². The van der Waals surface area contributed by atoms with Crippen molar-refractivity contribution in [2.24, 2.45) is 5.92 Å². The maximum absolute atomic E-state index is 14.1. The van der Waals surface area contributed by atoms with E-state index in [0.29, 0.717) is 50.9 Å². The van der Waals surface area contributed by atoms with Crippen LogP contribution in [0.15, 0.2) is 78.9 Å². The number of amides is 4. The molecule has 0 aliphatic carbocycles. The van der Waals surface area contributed by atoms with Gasteiger partial charge in [0, 0.05) is 19.1 Å². The molecule has 10 heteroatoms. The third-order valence-electron chi connectivity index (χ3n) is 8.84. The Balaban J connectivity index is 1.60. The van der Waals surface area contributed by atoms with Gasteiger partial charge >= 0.3 is 6.03 Å². The fourth-order valence-corrected chi connectivity index (χ4v) is 6.64. The molecule has 264 valence electrons. The number of urea groups is 1. The summed E-state index contributed by atoms with van der Waals surface area (Å²) in [5, 5.41) is 9.44. The summed E-state index contributed by atoms with van der Waals surface area (Å²) >= 11 is 0. The summed E-state index contributed by atoms with van der Waals surface area (Å²) in [5.41, 5.74) is 4.07. The number of hydrogen-bond donors (Lipinski definition) is 3. The molecule has 1 aliphatic rings. The number of nitrogens with one attached hydrogen (secondary N) is 3. The van der Waals surface area contributed by atoms with Gasteiger partial charge in [0.25, 0.3) is 5.91 Å². The van der Waals surface area contributed by atoms with Gasteiger partial charge in [-0.1, -0.05) is 92.7 Å². The molecule has 0 saturated carbocycles. The molecule has 1 saturated heterocycles. The van der Waals surface area contributed by atoms with Crippen LogP contribution in [0.1, 0.15) is 48.9 Å². The van der Waals surface area contributed by atoms with Gasteiger partial charge in [-0.25, -0.2) is 4.79 Å². The van der Waals surface area contributed by atoms with E-state index < -0.39 is 18.2 Å². The van der Waals surface area contributed by atoms with Crippen molar-refractivity contribution >= 4 is 27.1 Å². The second-order valence-corrected chi connectivity index (χ2v) is 13.7. The lowest BCUT2D eigenvalue weighted by Gasteiger charge is -2.37. The SMILES string of the molecule is Cc1cccc(C)c1OCC(=O)N[C@@H](Cc1ccccc1)[C@H](C[C@H](Cc1ccccc1)NC(=O)[C@H](C(C)C)N1CCCNC1=O)OCCP. The lowest BCUT2D eigenvalue weighted by Crippen LogP contribution is -2.59. The first-order valence-corrected chi connectivity index (χ1v) is 18.2. The minimum Gasteiger partial charge on any atom is -0.483 e. The van der Waals surface area contributed by atoms with E-state index in [9.17, 15) is 14.4 Å². The van der Waals surface area contributed by atoms with Crippen LogP contribution in [0.2, 0.25) is 0 Å². The fraction of sp³-hybridized carbons (Fsp3) is 0.462. The maximum Gasteiger partial charge on any atom is 0.318 e. The topological polar surface area (TPSA) is 109 Å². The van der Waals surface area contributed by atoms with E-state index in [4.69, 9.17) is 9.47 Å². The Kier molecular flexibility index (Phi) is 14.9. The number of carbonyl (C=O) groups excluding carboxylic acids is 3. The van der Waals surface area contributed by atoms with Crippen LogP contribution in [-0.2, 0) is 27.2 Å². The summed E-state index contributed by atoms with van der Waals surface area (Å²) in [6.45, 7) is 9.33. The zero-order valence-electron chi connectivity index (χ0n) is 29.3. The Morgan fingerprint density at radius 1 is 0.898 bits per heavy atom. The van der Waals surface area contributed by atoms with Crippen LogP contribution in [0.4, 0.5) is 4.79 Å². The highest BCUT2D eigenvalue weighted by Crippen LogP contribution is 2.23. The number of carbonyl (C=O) groups is 3. The lowest BCUT2D eigenvalue weighted by molar-refractivity contribution is -0.129. The first-order valence-electron chi connectivity index (χ1n) is 17.4. The Morgan fingerprint density at radius 2 is 1.53 bits per heavy atom. The molecule has 3 N–H and O–H groups in total. The van der Waals surface area contributed by atoms with Gasteiger partial charge in [-0.3, -0.25) is 9.59 Å². The van der Waals surface area contributed by atoms with Crippen molar-refractivity contribution in [3.8, 4) is 5.75 Å². The molecule has 1 unspecified atom stereocenters. The van der Waals surface area contributed by atoms with Crippen LogP contribution in [-0.4, -0.2) is 79.4 Å². The van der Waals surface area contributed by atoms with Crippen molar-refractivity contribution in [1.29, 1.82) is 0 Å². The highest BCUT2D eigenvalue weighted by Gasteiger charge is 2.36. The van der Waals surface area contributed by atoms with Gasteiger partial charge in [0.05, 0.1) is 18.8 Å². The first kappa shape index (κ1) is 37.9. The quantitative estimate of drug-likeness (QED) is 0.159. The second-order valence-electron chi connectivity index (χ2n) is 13.2. The molecule has 5 atom stereocenters. The number of ether oxygens (including phenoxy) is 2. The van der Waals surface area contributed by atoms with Crippen LogP contribution >= 0.6 is 9.24 Å². The average molecular weight is 689 g/mol. The van der Waals surface area contributed by atoms with Crippen molar-refractivity contribution in [2.45, 2.75) is 77.6 Å². The third kappa shape index (κ3) is 11.6. The predicted molar refractivity (Wildman–Crippen MR) is 198 cm³/mol. The zero-order valence-corrected chi connectivity index (χ0v) is 30.5. The van der Waals surface area contributed by atoms with Gasteiger partial charge in [0.2, 0.25) is 5.91 Å². The fourth-order valence-electron chi connectivity index (χ4n) is 6.50. The number of hydrogen-bond acceptors (Lipinski definition) is 5.